The number of carbonyl (C=O) groups excluding carboxylic acids is 1. The van der Waals surface area contributed by atoms with Gasteiger partial charge in [-0.25, -0.2) is 9.78 Å². The number of nitrogens with zero attached hydrogens (tertiary/aromatic N) is 3. The first-order valence-corrected chi connectivity index (χ1v) is 8.41. The Hall–Kier alpha value is -1.66. The van der Waals surface area contributed by atoms with E-state index in [-0.39, 0.29) is 6.03 Å². The lowest BCUT2D eigenvalue weighted by Crippen LogP contribution is -2.40. The minimum Gasteiger partial charge on any atom is -0.379 e. The van der Waals surface area contributed by atoms with E-state index in [9.17, 15) is 4.79 Å². The van der Waals surface area contributed by atoms with Gasteiger partial charge < -0.3 is 9.64 Å². The van der Waals surface area contributed by atoms with Crippen molar-refractivity contribution in [2.24, 2.45) is 5.92 Å². The third-order valence-electron chi connectivity index (χ3n) is 4.53. The number of hydrogen-bond acceptors (Lipinski definition) is 4. The molecule has 2 fully saturated rings. The van der Waals surface area contributed by atoms with Gasteiger partial charge in [0.1, 0.15) is 5.82 Å². The van der Waals surface area contributed by atoms with E-state index in [4.69, 9.17) is 4.74 Å². The SMILES string of the molecule is Cc1cc(C)nc(NC(=O)N2CC[C@@H](CN3CCOCC3)C2)c1. The summed E-state index contributed by atoms with van der Waals surface area (Å²) in [5, 5.41) is 2.93. The van der Waals surface area contributed by atoms with Crippen molar-refractivity contribution in [3.8, 4) is 0 Å². The minimum absolute atomic E-state index is 0.0352. The smallest absolute Gasteiger partial charge is 0.323 e. The maximum atomic E-state index is 12.4. The van der Waals surface area contributed by atoms with Crippen molar-refractivity contribution >= 4 is 11.8 Å². The zero-order valence-corrected chi connectivity index (χ0v) is 14.0. The number of hydrogen-bond donors (Lipinski definition) is 1. The fraction of sp³-hybridized carbons (Fsp3) is 0.647. The molecule has 2 saturated heterocycles. The van der Waals surface area contributed by atoms with Gasteiger partial charge in [0.05, 0.1) is 13.2 Å². The Morgan fingerprint density at radius 1 is 1.30 bits per heavy atom. The van der Waals surface area contributed by atoms with E-state index >= 15 is 0 Å². The van der Waals surface area contributed by atoms with Crippen molar-refractivity contribution in [3.05, 3.63) is 23.4 Å². The Bertz CT molecular complexity index is 537. The van der Waals surface area contributed by atoms with Crippen LogP contribution in [0.5, 0.6) is 0 Å². The highest BCUT2D eigenvalue weighted by molar-refractivity contribution is 5.88. The molecule has 0 unspecified atom stereocenters. The quantitative estimate of drug-likeness (QED) is 0.924. The minimum atomic E-state index is -0.0352. The van der Waals surface area contributed by atoms with Crippen LogP contribution in [0, 0.1) is 19.8 Å². The predicted molar refractivity (Wildman–Crippen MR) is 89.7 cm³/mol. The molecule has 23 heavy (non-hydrogen) atoms. The number of rotatable bonds is 3. The zero-order valence-electron chi connectivity index (χ0n) is 14.0. The molecule has 6 heteroatoms. The van der Waals surface area contributed by atoms with Crippen LogP contribution in [0.25, 0.3) is 0 Å². The van der Waals surface area contributed by atoms with E-state index < -0.39 is 0 Å². The first kappa shape index (κ1) is 16.2. The predicted octanol–water partition coefficient (Wildman–Crippen LogP) is 1.88. The maximum absolute atomic E-state index is 12.4. The molecule has 0 radical (unpaired) electrons. The second kappa shape index (κ2) is 7.27. The summed E-state index contributed by atoms with van der Waals surface area (Å²) < 4.78 is 5.39. The van der Waals surface area contributed by atoms with Gasteiger partial charge in [-0.3, -0.25) is 10.2 Å². The fourth-order valence-corrected chi connectivity index (χ4v) is 3.41. The maximum Gasteiger partial charge on any atom is 0.323 e. The third-order valence-corrected chi connectivity index (χ3v) is 4.53. The number of amides is 2. The average molecular weight is 318 g/mol. The van der Waals surface area contributed by atoms with Crippen molar-refractivity contribution in [2.75, 3.05) is 51.3 Å². The Balaban J connectivity index is 1.50. The Labute approximate surface area is 137 Å². The Kier molecular flexibility index (Phi) is 5.13. The molecule has 0 spiro atoms. The van der Waals surface area contributed by atoms with Crippen molar-refractivity contribution in [1.82, 2.24) is 14.8 Å². The molecule has 1 aromatic rings. The number of carbonyl (C=O) groups is 1. The molecule has 1 aromatic heterocycles. The highest BCUT2D eigenvalue weighted by Crippen LogP contribution is 2.19. The Morgan fingerprint density at radius 3 is 2.83 bits per heavy atom. The van der Waals surface area contributed by atoms with E-state index in [0.717, 1.165) is 63.6 Å². The largest absolute Gasteiger partial charge is 0.379 e. The summed E-state index contributed by atoms with van der Waals surface area (Å²) in [6.45, 7) is 10.3. The summed E-state index contributed by atoms with van der Waals surface area (Å²) in [5.41, 5.74) is 2.03. The Morgan fingerprint density at radius 2 is 2.09 bits per heavy atom. The lowest BCUT2D eigenvalue weighted by atomic mass is 10.1. The number of pyridine rings is 1. The van der Waals surface area contributed by atoms with Crippen molar-refractivity contribution in [2.45, 2.75) is 20.3 Å². The first-order valence-electron chi connectivity index (χ1n) is 8.41. The molecular weight excluding hydrogens is 292 g/mol. The van der Waals surface area contributed by atoms with Crippen molar-refractivity contribution in [3.63, 3.8) is 0 Å². The van der Waals surface area contributed by atoms with Gasteiger partial charge in [-0.05, 0) is 43.9 Å². The normalized spacial score (nSPS) is 22.3. The van der Waals surface area contributed by atoms with Crippen LogP contribution < -0.4 is 5.32 Å². The number of ether oxygens (including phenoxy) is 1. The van der Waals surface area contributed by atoms with Gasteiger partial charge in [0.15, 0.2) is 0 Å². The van der Waals surface area contributed by atoms with Gasteiger partial charge in [-0.2, -0.15) is 0 Å². The van der Waals surface area contributed by atoms with Gasteiger partial charge >= 0.3 is 6.03 Å². The molecule has 6 nitrogen and oxygen atoms in total. The monoisotopic (exact) mass is 318 g/mol. The van der Waals surface area contributed by atoms with Gasteiger partial charge in [0.2, 0.25) is 0 Å². The number of anilines is 1. The lowest BCUT2D eigenvalue weighted by Gasteiger charge is -2.29. The zero-order chi connectivity index (χ0) is 16.2. The number of aryl methyl sites for hydroxylation is 2. The molecule has 0 aliphatic carbocycles. The van der Waals surface area contributed by atoms with Crippen molar-refractivity contribution < 1.29 is 9.53 Å². The van der Waals surface area contributed by atoms with Gasteiger partial charge in [0, 0.05) is 38.4 Å². The van der Waals surface area contributed by atoms with Gasteiger partial charge in [-0.15, -0.1) is 0 Å². The summed E-state index contributed by atoms with van der Waals surface area (Å²) in [5.74, 6) is 1.20. The van der Waals surface area contributed by atoms with E-state index in [2.05, 4.69) is 15.2 Å². The summed E-state index contributed by atoms with van der Waals surface area (Å²) in [7, 11) is 0. The van der Waals surface area contributed by atoms with E-state index in [0.29, 0.717) is 11.7 Å². The fourth-order valence-electron chi connectivity index (χ4n) is 3.41. The number of nitrogens with one attached hydrogen (secondary N) is 1. The topological polar surface area (TPSA) is 57.7 Å². The first-order chi connectivity index (χ1) is 11.1. The number of likely N-dealkylation sites (tertiary alicyclic amines) is 1. The number of aromatic nitrogens is 1. The second-order valence-electron chi connectivity index (χ2n) is 6.61. The van der Waals surface area contributed by atoms with Gasteiger partial charge in [-0.1, -0.05) is 0 Å². The van der Waals surface area contributed by atoms with Crippen LogP contribution in [-0.4, -0.2) is 66.8 Å². The summed E-state index contributed by atoms with van der Waals surface area (Å²) in [4.78, 5) is 21.1. The van der Waals surface area contributed by atoms with Crippen LogP contribution in [0.3, 0.4) is 0 Å². The van der Waals surface area contributed by atoms with E-state index in [1.54, 1.807) is 0 Å². The van der Waals surface area contributed by atoms with Crippen LogP contribution in [0.4, 0.5) is 10.6 Å². The van der Waals surface area contributed by atoms with Crippen LogP contribution in [-0.2, 0) is 4.74 Å². The molecule has 2 amide bonds. The molecule has 3 rings (SSSR count). The van der Waals surface area contributed by atoms with E-state index in [1.165, 1.54) is 0 Å². The molecule has 0 bridgehead atoms. The number of morpholine rings is 1. The van der Waals surface area contributed by atoms with Crippen LogP contribution in [0.15, 0.2) is 12.1 Å². The van der Waals surface area contributed by atoms with Crippen LogP contribution in [0.2, 0.25) is 0 Å². The van der Waals surface area contributed by atoms with Gasteiger partial charge in [0.25, 0.3) is 0 Å². The molecule has 1 atom stereocenters. The highest BCUT2D eigenvalue weighted by Gasteiger charge is 2.28. The molecule has 1 N–H and O–H groups in total. The molecule has 2 aliphatic rings. The van der Waals surface area contributed by atoms with E-state index in [1.807, 2.05) is 30.9 Å². The summed E-state index contributed by atoms with van der Waals surface area (Å²) >= 11 is 0. The number of urea groups is 1. The lowest BCUT2D eigenvalue weighted by molar-refractivity contribution is 0.0314. The second-order valence-corrected chi connectivity index (χ2v) is 6.61. The highest BCUT2D eigenvalue weighted by atomic mass is 16.5. The molecule has 2 aliphatic heterocycles. The summed E-state index contributed by atoms with van der Waals surface area (Å²) in [6.07, 6.45) is 1.07. The molecule has 3 heterocycles. The summed E-state index contributed by atoms with van der Waals surface area (Å²) in [6, 6.07) is 3.88. The molecule has 0 aromatic carbocycles. The molecule has 126 valence electrons. The standard InChI is InChI=1S/C17H26N4O2/c1-13-9-14(2)18-16(10-13)19-17(22)21-4-3-15(12-21)11-20-5-7-23-8-6-20/h9-10,15H,3-8,11-12H2,1-2H3,(H,18,19,22)/t15-/m0/s1. The molecule has 0 saturated carbocycles. The van der Waals surface area contributed by atoms with Crippen LogP contribution in [0.1, 0.15) is 17.7 Å². The van der Waals surface area contributed by atoms with Crippen LogP contribution >= 0.6 is 0 Å². The average Bonchev–Trinajstić information content (AvgIpc) is 2.96. The van der Waals surface area contributed by atoms with Crippen molar-refractivity contribution in [1.29, 1.82) is 0 Å². The third kappa shape index (κ3) is 4.42. The molecular formula is C17H26N4O2.